The van der Waals surface area contributed by atoms with Crippen LogP contribution in [0.3, 0.4) is 0 Å². The van der Waals surface area contributed by atoms with E-state index in [1.807, 2.05) is 11.0 Å². The minimum atomic E-state index is 0.328. The lowest BCUT2D eigenvalue weighted by Crippen LogP contribution is -2.34. The van der Waals surface area contributed by atoms with Gasteiger partial charge in [-0.15, -0.1) is 0 Å². The van der Waals surface area contributed by atoms with Crippen LogP contribution in [-0.2, 0) is 4.79 Å². The van der Waals surface area contributed by atoms with Crippen molar-refractivity contribution in [2.75, 3.05) is 18.4 Å². The first-order valence-electron chi connectivity index (χ1n) is 6.70. The Labute approximate surface area is 117 Å². The largest absolute Gasteiger partial charge is 0.342 e. The van der Waals surface area contributed by atoms with Gasteiger partial charge in [0.05, 0.1) is 0 Å². The Morgan fingerprint density at radius 3 is 2.67 bits per heavy atom. The molecule has 0 bridgehead atoms. The highest BCUT2D eigenvalue weighted by Gasteiger charge is 2.20. The SMILES string of the molecule is O=C1CCCCCN1CC(CBr)c1ccccc1. The van der Waals surface area contributed by atoms with Crippen molar-refractivity contribution in [3.05, 3.63) is 35.9 Å². The molecule has 0 spiro atoms. The van der Waals surface area contributed by atoms with Crippen LogP contribution in [0.2, 0.25) is 0 Å². The summed E-state index contributed by atoms with van der Waals surface area (Å²) in [4.78, 5) is 14.1. The molecule has 0 saturated carbocycles. The zero-order chi connectivity index (χ0) is 12.8. The van der Waals surface area contributed by atoms with Crippen molar-refractivity contribution in [2.24, 2.45) is 0 Å². The van der Waals surface area contributed by atoms with Gasteiger partial charge in [-0.2, -0.15) is 0 Å². The molecule has 1 unspecified atom stereocenters. The third-order valence-corrected chi connectivity index (χ3v) is 4.35. The molecule has 0 aliphatic carbocycles. The zero-order valence-corrected chi connectivity index (χ0v) is 12.2. The Kier molecular flexibility index (Phi) is 5.24. The Morgan fingerprint density at radius 1 is 1.17 bits per heavy atom. The van der Waals surface area contributed by atoms with E-state index in [4.69, 9.17) is 0 Å². The highest BCUT2D eigenvalue weighted by molar-refractivity contribution is 9.09. The summed E-state index contributed by atoms with van der Waals surface area (Å²) in [6.07, 6.45) is 4.12. The minimum Gasteiger partial charge on any atom is -0.342 e. The molecule has 1 amide bonds. The van der Waals surface area contributed by atoms with Gasteiger partial charge in [-0.05, 0) is 18.4 Å². The van der Waals surface area contributed by atoms with E-state index in [9.17, 15) is 4.79 Å². The van der Waals surface area contributed by atoms with E-state index in [2.05, 4.69) is 40.2 Å². The van der Waals surface area contributed by atoms with Gasteiger partial charge < -0.3 is 4.90 Å². The lowest BCUT2D eigenvalue weighted by Gasteiger charge is -2.25. The molecule has 3 heteroatoms. The normalized spacial score (nSPS) is 18.5. The highest BCUT2D eigenvalue weighted by atomic mass is 79.9. The van der Waals surface area contributed by atoms with Gasteiger partial charge >= 0.3 is 0 Å². The maximum absolute atomic E-state index is 12.0. The number of halogens is 1. The van der Waals surface area contributed by atoms with Gasteiger partial charge in [-0.25, -0.2) is 0 Å². The van der Waals surface area contributed by atoms with Crippen molar-refractivity contribution in [3.8, 4) is 0 Å². The van der Waals surface area contributed by atoms with Crippen LogP contribution in [0.25, 0.3) is 0 Å². The molecule has 0 radical (unpaired) electrons. The monoisotopic (exact) mass is 309 g/mol. The molecular formula is C15H20BrNO. The summed E-state index contributed by atoms with van der Waals surface area (Å²) in [7, 11) is 0. The lowest BCUT2D eigenvalue weighted by molar-refractivity contribution is -0.130. The van der Waals surface area contributed by atoms with E-state index in [1.54, 1.807) is 0 Å². The summed E-state index contributed by atoms with van der Waals surface area (Å²) < 4.78 is 0. The predicted octanol–water partition coefficient (Wildman–Crippen LogP) is 3.57. The smallest absolute Gasteiger partial charge is 0.222 e. The van der Waals surface area contributed by atoms with Gasteiger partial charge in [0, 0.05) is 30.8 Å². The molecule has 1 atom stereocenters. The van der Waals surface area contributed by atoms with E-state index in [0.717, 1.165) is 37.7 Å². The average Bonchev–Trinajstić information content (AvgIpc) is 2.62. The van der Waals surface area contributed by atoms with Crippen LogP contribution in [0.1, 0.15) is 37.2 Å². The zero-order valence-electron chi connectivity index (χ0n) is 10.6. The van der Waals surface area contributed by atoms with Gasteiger partial charge in [0.2, 0.25) is 5.91 Å². The fraction of sp³-hybridized carbons (Fsp3) is 0.533. The van der Waals surface area contributed by atoms with Crippen LogP contribution in [0.5, 0.6) is 0 Å². The van der Waals surface area contributed by atoms with E-state index < -0.39 is 0 Å². The molecule has 1 aromatic carbocycles. The number of carbonyl (C=O) groups excluding carboxylic acids is 1. The third-order valence-electron chi connectivity index (χ3n) is 3.57. The summed E-state index contributed by atoms with van der Waals surface area (Å²) in [5.41, 5.74) is 1.31. The second-order valence-electron chi connectivity index (χ2n) is 4.91. The third kappa shape index (κ3) is 3.58. The Morgan fingerprint density at radius 2 is 1.94 bits per heavy atom. The van der Waals surface area contributed by atoms with Crippen molar-refractivity contribution in [2.45, 2.75) is 31.6 Å². The van der Waals surface area contributed by atoms with E-state index in [0.29, 0.717) is 11.8 Å². The molecule has 1 fully saturated rings. The van der Waals surface area contributed by atoms with E-state index in [1.165, 1.54) is 12.0 Å². The van der Waals surface area contributed by atoms with Gasteiger partial charge in [0.1, 0.15) is 0 Å². The summed E-state index contributed by atoms with van der Waals surface area (Å²) in [6, 6.07) is 10.5. The van der Waals surface area contributed by atoms with Crippen molar-refractivity contribution in [1.82, 2.24) is 4.90 Å². The summed E-state index contributed by atoms with van der Waals surface area (Å²) in [6.45, 7) is 1.77. The standard InChI is InChI=1S/C15H20BrNO/c16-11-14(13-7-3-1-4-8-13)12-17-10-6-2-5-9-15(17)18/h1,3-4,7-8,14H,2,5-6,9-12H2. The van der Waals surface area contributed by atoms with Crippen molar-refractivity contribution in [3.63, 3.8) is 0 Å². The van der Waals surface area contributed by atoms with Gasteiger partial charge in [-0.1, -0.05) is 52.7 Å². The topological polar surface area (TPSA) is 20.3 Å². The number of hydrogen-bond acceptors (Lipinski definition) is 1. The molecule has 2 rings (SSSR count). The molecule has 1 aromatic rings. The molecule has 0 N–H and O–H groups in total. The molecule has 98 valence electrons. The van der Waals surface area contributed by atoms with Gasteiger partial charge in [-0.3, -0.25) is 4.79 Å². The number of nitrogens with zero attached hydrogens (tertiary/aromatic N) is 1. The van der Waals surface area contributed by atoms with Crippen molar-refractivity contribution >= 4 is 21.8 Å². The molecule has 1 heterocycles. The number of likely N-dealkylation sites (tertiary alicyclic amines) is 1. The molecule has 0 aromatic heterocycles. The summed E-state index contributed by atoms with van der Waals surface area (Å²) >= 11 is 3.58. The van der Waals surface area contributed by atoms with Gasteiger partial charge in [0.25, 0.3) is 0 Å². The lowest BCUT2D eigenvalue weighted by atomic mass is 10.0. The molecule has 1 aliphatic rings. The predicted molar refractivity (Wildman–Crippen MR) is 78.0 cm³/mol. The first kappa shape index (κ1) is 13.6. The maximum atomic E-state index is 12.0. The Hall–Kier alpha value is -0.830. The number of alkyl halides is 1. The van der Waals surface area contributed by atoms with Crippen LogP contribution in [0, 0.1) is 0 Å². The molecule has 1 aliphatic heterocycles. The van der Waals surface area contributed by atoms with Crippen LogP contribution < -0.4 is 0 Å². The second-order valence-corrected chi connectivity index (χ2v) is 5.56. The molecule has 2 nitrogen and oxygen atoms in total. The maximum Gasteiger partial charge on any atom is 0.222 e. The molecule has 18 heavy (non-hydrogen) atoms. The quantitative estimate of drug-likeness (QED) is 0.779. The average molecular weight is 310 g/mol. The van der Waals surface area contributed by atoms with Crippen molar-refractivity contribution in [1.29, 1.82) is 0 Å². The first-order chi connectivity index (χ1) is 8.81. The summed E-state index contributed by atoms with van der Waals surface area (Å²) in [5, 5.41) is 0.904. The number of benzene rings is 1. The Bertz CT molecular complexity index is 379. The summed E-state index contributed by atoms with van der Waals surface area (Å²) in [5.74, 6) is 0.725. The Balaban J connectivity index is 2.03. The number of rotatable bonds is 4. The highest BCUT2D eigenvalue weighted by Crippen LogP contribution is 2.21. The number of carbonyl (C=O) groups is 1. The van der Waals surface area contributed by atoms with E-state index in [-0.39, 0.29) is 0 Å². The fourth-order valence-electron chi connectivity index (χ4n) is 2.47. The van der Waals surface area contributed by atoms with Gasteiger partial charge in [0.15, 0.2) is 0 Å². The number of hydrogen-bond donors (Lipinski definition) is 0. The fourth-order valence-corrected chi connectivity index (χ4v) is 3.04. The molecule has 1 saturated heterocycles. The van der Waals surface area contributed by atoms with Crippen LogP contribution in [-0.4, -0.2) is 29.2 Å². The second kappa shape index (κ2) is 6.93. The van der Waals surface area contributed by atoms with Crippen LogP contribution >= 0.6 is 15.9 Å². The molecular weight excluding hydrogens is 290 g/mol. The van der Waals surface area contributed by atoms with Crippen LogP contribution in [0.15, 0.2) is 30.3 Å². The minimum absolute atomic E-state index is 0.328. The van der Waals surface area contributed by atoms with Crippen LogP contribution in [0.4, 0.5) is 0 Å². The van der Waals surface area contributed by atoms with E-state index >= 15 is 0 Å². The van der Waals surface area contributed by atoms with Crippen molar-refractivity contribution < 1.29 is 4.79 Å². The first-order valence-corrected chi connectivity index (χ1v) is 7.82. The number of amides is 1.